The smallest absolute Gasteiger partial charge is 0.349 e. The Balaban J connectivity index is 1.52. The van der Waals surface area contributed by atoms with E-state index in [1.807, 2.05) is 32.9 Å². The van der Waals surface area contributed by atoms with Crippen molar-refractivity contribution in [2.75, 3.05) is 36.4 Å². The van der Waals surface area contributed by atoms with Crippen molar-refractivity contribution in [1.82, 2.24) is 4.31 Å². The van der Waals surface area contributed by atoms with Crippen LogP contribution in [0.4, 0.5) is 11.4 Å². The number of fused-ring (bicyclic) bond motifs is 1. The summed E-state index contributed by atoms with van der Waals surface area (Å²) in [5.74, 6) is -0.288. The minimum Gasteiger partial charge on any atom is -0.422 e. The summed E-state index contributed by atoms with van der Waals surface area (Å²) in [4.78, 5) is 27.7. The second-order valence-electron chi connectivity index (χ2n) is 8.93. The fourth-order valence-electron chi connectivity index (χ4n) is 4.47. The molecule has 9 heteroatoms. The van der Waals surface area contributed by atoms with Gasteiger partial charge >= 0.3 is 5.63 Å². The van der Waals surface area contributed by atoms with E-state index < -0.39 is 21.6 Å². The number of rotatable bonds is 7. The van der Waals surface area contributed by atoms with E-state index >= 15 is 0 Å². The van der Waals surface area contributed by atoms with E-state index in [1.165, 1.54) is 34.6 Å². The van der Waals surface area contributed by atoms with Gasteiger partial charge in [0.25, 0.3) is 5.91 Å². The number of hydrogen-bond acceptors (Lipinski definition) is 6. The highest BCUT2D eigenvalue weighted by molar-refractivity contribution is 7.89. The number of hydrogen-bond donors (Lipinski definition) is 1. The molecule has 186 valence electrons. The first-order valence-corrected chi connectivity index (χ1v) is 13.4. The van der Waals surface area contributed by atoms with Crippen molar-refractivity contribution < 1.29 is 17.6 Å². The molecule has 0 saturated carbocycles. The van der Waals surface area contributed by atoms with Gasteiger partial charge in [-0.25, -0.2) is 13.2 Å². The largest absolute Gasteiger partial charge is 0.422 e. The van der Waals surface area contributed by atoms with Crippen molar-refractivity contribution in [2.45, 2.75) is 38.5 Å². The van der Waals surface area contributed by atoms with E-state index in [1.54, 1.807) is 6.07 Å². The summed E-state index contributed by atoms with van der Waals surface area (Å²) >= 11 is 0. The maximum Gasteiger partial charge on any atom is 0.349 e. The van der Waals surface area contributed by atoms with E-state index in [9.17, 15) is 18.0 Å². The lowest BCUT2D eigenvalue weighted by Crippen LogP contribution is -2.39. The first-order chi connectivity index (χ1) is 16.7. The van der Waals surface area contributed by atoms with Gasteiger partial charge in [0, 0.05) is 49.0 Å². The molecule has 4 rings (SSSR count). The minimum absolute atomic E-state index is 0.118. The van der Waals surface area contributed by atoms with Gasteiger partial charge in [-0.05, 0) is 75.1 Å². The molecule has 1 saturated heterocycles. The quantitative estimate of drug-likeness (QED) is 0.488. The highest BCUT2D eigenvalue weighted by Crippen LogP contribution is 2.25. The molecule has 0 radical (unpaired) electrons. The first-order valence-electron chi connectivity index (χ1n) is 12.0. The van der Waals surface area contributed by atoms with E-state index in [2.05, 4.69) is 10.2 Å². The normalized spacial score (nSPS) is 16.8. The van der Waals surface area contributed by atoms with Gasteiger partial charge < -0.3 is 14.6 Å². The zero-order valence-electron chi connectivity index (χ0n) is 20.3. The molecule has 8 nitrogen and oxygen atoms in total. The van der Waals surface area contributed by atoms with Crippen molar-refractivity contribution in [3.63, 3.8) is 0 Å². The van der Waals surface area contributed by atoms with Crippen molar-refractivity contribution in [1.29, 1.82) is 0 Å². The number of piperidine rings is 1. The van der Waals surface area contributed by atoms with E-state index in [4.69, 9.17) is 4.42 Å². The second-order valence-corrected chi connectivity index (χ2v) is 10.9. The Hall–Kier alpha value is -3.17. The van der Waals surface area contributed by atoms with Crippen LogP contribution >= 0.6 is 0 Å². The number of sulfonamides is 1. The molecule has 3 aromatic rings. The molecule has 1 amide bonds. The Morgan fingerprint density at radius 2 is 1.83 bits per heavy atom. The highest BCUT2D eigenvalue weighted by atomic mass is 32.2. The van der Waals surface area contributed by atoms with Crippen molar-refractivity contribution in [2.24, 2.45) is 5.92 Å². The minimum atomic E-state index is -3.58. The van der Waals surface area contributed by atoms with Gasteiger partial charge in [0.05, 0.1) is 4.90 Å². The lowest BCUT2D eigenvalue weighted by Gasteiger charge is -2.30. The summed E-state index contributed by atoms with van der Waals surface area (Å²) in [6.45, 7) is 8.82. The average Bonchev–Trinajstić information content (AvgIpc) is 2.84. The summed E-state index contributed by atoms with van der Waals surface area (Å²) in [5.41, 5.74) is 0.893. The number of carbonyl (C=O) groups excluding carboxylic acids is 1. The number of nitrogens with zero attached hydrogens (tertiary/aromatic N) is 2. The van der Waals surface area contributed by atoms with Gasteiger partial charge in [0.2, 0.25) is 10.0 Å². The summed E-state index contributed by atoms with van der Waals surface area (Å²) in [7, 11) is -3.58. The zero-order valence-corrected chi connectivity index (χ0v) is 21.1. The van der Waals surface area contributed by atoms with Crippen LogP contribution in [0.15, 0.2) is 62.6 Å². The number of anilines is 2. The zero-order chi connectivity index (χ0) is 25.2. The molecule has 1 aliphatic heterocycles. The molecule has 1 aliphatic rings. The highest BCUT2D eigenvalue weighted by Gasteiger charge is 2.28. The predicted octanol–water partition coefficient (Wildman–Crippen LogP) is 4.31. The number of carbonyl (C=O) groups is 1. The maximum absolute atomic E-state index is 12.9. The van der Waals surface area contributed by atoms with Crippen LogP contribution in [0.5, 0.6) is 0 Å². The Kier molecular flexibility index (Phi) is 7.28. The number of amides is 1. The lowest BCUT2D eigenvalue weighted by atomic mass is 10.0. The second kappa shape index (κ2) is 10.2. The van der Waals surface area contributed by atoms with E-state index in [0.717, 1.165) is 31.6 Å². The van der Waals surface area contributed by atoms with Crippen LogP contribution < -0.4 is 15.8 Å². The van der Waals surface area contributed by atoms with Gasteiger partial charge in [-0.1, -0.05) is 6.92 Å². The summed E-state index contributed by atoms with van der Waals surface area (Å²) in [6, 6.07) is 13.1. The fourth-order valence-corrected chi connectivity index (χ4v) is 6.06. The average molecular weight is 498 g/mol. The van der Waals surface area contributed by atoms with Gasteiger partial charge in [-0.2, -0.15) is 4.31 Å². The van der Waals surface area contributed by atoms with Crippen LogP contribution in [0.25, 0.3) is 11.0 Å². The standard InChI is InChI=1S/C26H31N3O5S/c1-4-28(5-2)21-11-8-19-15-23(26(31)34-24(19)16-21)25(30)27-20-9-12-22(13-10-20)35(32,33)29-14-6-7-18(3)17-29/h8-13,15-16,18H,4-7,14,17H2,1-3H3,(H,27,30). The van der Waals surface area contributed by atoms with Gasteiger partial charge in [-0.15, -0.1) is 0 Å². The van der Waals surface area contributed by atoms with Crippen LogP contribution in [0, 0.1) is 5.92 Å². The van der Waals surface area contributed by atoms with Crippen LogP contribution in [-0.2, 0) is 10.0 Å². The molecule has 35 heavy (non-hydrogen) atoms. The molecular formula is C26H31N3O5S. The lowest BCUT2D eigenvalue weighted by molar-refractivity contribution is 0.102. The van der Waals surface area contributed by atoms with Gasteiger partial charge in [0.1, 0.15) is 11.1 Å². The Labute approximate surface area is 205 Å². The molecule has 2 heterocycles. The summed E-state index contributed by atoms with van der Waals surface area (Å²) < 4.78 is 32.8. The molecule has 1 atom stereocenters. The molecule has 0 spiro atoms. The van der Waals surface area contributed by atoms with Gasteiger partial charge in [0.15, 0.2) is 0 Å². The molecule has 1 N–H and O–H groups in total. The topological polar surface area (TPSA) is 99.9 Å². The molecule has 1 aromatic heterocycles. The van der Waals surface area contributed by atoms with Crippen molar-refractivity contribution in [3.8, 4) is 0 Å². The Bertz CT molecular complexity index is 1380. The molecule has 1 fully saturated rings. The third-order valence-corrected chi connectivity index (χ3v) is 8.34. The third kappa shape index (κ3) is 5.26. The molecule has 1 unspecified atom stereocenters. The molecular weight excluding hydrogens is 466 g/mol. The van der Waals surface area contributed by atoms with Crippen molar-refractivity contribution >= 4 is 38.3 Å². The molecule has 0 aliphatic carbocycles. The van der Waals surface area contributed by atoms with E-state index in [0.29, 0.717) is 35.7 Å². The number of benzene rings is 2. The summed E-state index contributed by atoms with van der Waals surface area (Å²) in [5, 5.41) is 3.30. The number of nitrogens with one attached hydrogen (secondary N) is 1. The fraction of sp³-hybridized carbons (Fsp3) is 0.385. The Morgan fingerprint density at radius 3 is 2.49 bits per heavy atom. The predicted molar refractivity (Wildman–Crippen MR) is 138 cm³/mol. The third-order valence-electron chi connectivity index (χ3n) is 6.46. The van der Waals surface area contributed by atoms with Gasteiger partial charge in [-0.3, -0.25) is 4.79 Å². The monoisotopic (exact) mass is 497 g/mol. The van der Waals surface area contributed by atoms with E-state index in [-0.39, 0.29) is 10.5 Å². The van der Waals surface area contributed by atoms with Crippen LogP contribution in [0.3, 0.4) is 0 Å². The summed E-state index contributed by atoms with van der Waals surface area (Å²) in [6.07, 6.45) is 1.87. The first kappa shape index (κ1) is 24.9. The maximum atomic E-state index is 12.9. The van der Waals surface area contributed by atoms with Crippen LogP contribution in [-0.4, -0.2) is 44.8 Å². The van der Waals surface area contributed by atoms with Crippen LogP contribution in [0.2, 0.25) is 0 Å². The van der Waals surface area contributed by atoms with Crippen molar-refractivity contribution in [3.05, 3.63) is 64.5 Å². The molecule has 2 aromatic carbocycles. The SMILES string of the molecule is CCN(CC)c1ccc2cc(C(=O)Nc3ccc(S(=O)(=O)N4CCCC(C)C4)cc3)c(=O)oc2c1. The van der Waals surface area contributed by atoms with Crippen LogP contribution in [0.1, 0.15) is 44.0 Å². The Morgan fingerprint density at radius 1 is 1.11 bits per heavy atom. The molecule has 0 bridgehead atoms.